The van der Waals surface area contributed by atoms with Crippen molar-refractivity contribution >= 4 is 34.8 Å². The fourth-order valence-electron chi connectivity index (χ4n) is 1.98. The van der Waals surface area contributed by atoms with E-state index in [1.807, 2.05) is 12.1 Å². The van der Waals surface area contributed by atoms with Gasteiger partial charge in [-0.2, -0.15) is 0 Å². The van der Waals surface area contributed by atoms with Gasteiger partial charge in [0.1, 0.15) is 0 Å². The van der Waals surface area contributed by atoms with Crippen LogP contribution in [0.2, 0.25) is 10.0 Å². The highest BCUT2D eigenvalue weighted by atomic mass is 35.5. The lowest BCUT2D eigenvalue weighted by Crippen LogP contribution is -2.21. The summed E-state index contributed by atoms with van der Waals surface area (Å²) in [7, 11) is 0. The molecule has 0 amide bonds. The van der Waals surface area contributed by atoms with E-state index in [0.29, 0.717) is 22.6 Å². The maximum Gasteiger partial charge on any atom is 0.0650 e. The quantitative estimate of drug-likeness (QED) is 0.713. The first-order valence-corrected chi connectivity index (χ1v) is 6.54. The van der Waals surface area contributed by atoms with Crippen LogP contribution < -0.4 is 0 Å². The third kappa shape index (κ3) is 2.84. The Labute approximate surface area is 111 Å². The van der Waals surface area contributed by atoms with Gasteiger partial charge in [-0.1, -0.05) is 29.3 Å². The van der Waals surface area contributed by atoms with Gasteiger partial charge in [-0.05, 0) is 30.5 Å². The Morgan fingerprint density at radius 1 is 1.31 bits per heavy atom. The molecule has 0 bridgehead atoms. The summed E-state index contributed by atoms with van der Waals surface area (Å²) in [4.78, 5) is 0. The second kappa shape index (κ2) is 5.59. The zero-order valence-corrected chi connectivity index (χ0v) is 11.0. The zero-order valence-electron chi connectivity index (χ0n) is 8.76. The number of halogens is 3. The summed E-state index contributed by atoms with van der Waals surface area (Å²) in [6.07, 6.45) is 2.16. The van der Waals surface area contributed by atoms with Crippen LogP contribution in [0.3, 0.4) is 0 Å². The normalized spacial score (nSPS) is 23.1. The van der Waals surface area contributed by atoms with Crippen molar-refractivity contribution in [3.63, 3.8) is 0 Å². The lowest BCUT2D eigenvalue weighted by molar-refractivity contribution is 0.0531. The average molecular weight is 280 g/mol. The van der Waals surface area contributed by atoms with Crippen molar-refractivity contribution in [2.45, 2.75) is 18.2 Å². The second-order valence-corrected chi connectivity index (χ2v) is 5.36. The number of hydrogen-bond donors (Lipinski definition) is 0. The van der Waals surface area contributed by atoms with Crippen LogP contribution in [-0.2, 0) is 4.74 Å². The Balaban J connectivity index is 2.15. The summed E-state index contributed by atoms with van der Waals surface area (Å²) in [6, 6.07) is 5.45. The van der Waals surface area contributed by atoms with E-state index in [9.17, 15) is 0 Å². The van der Waals surface area contributed by atoms with Crippen molar-refractivity contribution in [1.82, 2.24) is 0 Å². The van der Waals surface area contributed by atoms with E-state index in [1.165, 1.54) is 0 Å². The highest BCUT2D eigenvalue weighted by molar-refractivity contribution is 6.35. The van der Waals surface area contributed by atoms with Crippen LogP contribution in [0.25, 0.3) is 0 Å². The first kappa shape index (κ1) is 12.5. The molecule has 0 aliphatic carbocycles. The van der Waals surface area contributed by atoms with E-state index in [0.717, 1.165) is 25.0 Å². The number of alkyl halides is 1. The standard InChI is InChI=1S/C12H13Cl3O/c13-9-3-4-10(11(14)6-9)12(15)8-2-1-5-16-7-8/h3-4,6,8,12H,1-2,5,7H2. The molecule has 2 rings (SSSR count). The predicted molar refractivity (Wildman–Crippen MR) is 68.6 cm³/mol. The highest BCUT2D eigenvalue weighted by Crippen LogP contribution is 2.38. The average Bonchev–Trinajstić information content (AvgIpc) is 2.29. The number of ether oxygens (including phenoxy) is 1. The SMILES string of the molecule is Clc1ccc(C(Cl)C2CCCOC2)c(Cl)c1. The van der Waals surface area contributed by atoms with Gasteiger partial charge in [0.25, 0.3) is 0 Å². The molecule has 4 heteroatoms. The molecule has 2 atom stereocenters. The third-order valence-electron chi connectivity index (χ3n) is 2.87. The molecule has 1 fully saturated rings. The van der Waals surface area contributed by atoms with Crippen molar-refractivity contribution in [2.24, 2.45) is 5.92 Å². The first-order chi connectivity index (χ1) is 7.68. The molecule has 88 valence electrons. The lowest BCUT2D eigenvalue weighted by atomic mass is 9.93. The summed E-state index contributed by atoms with van der Waals surface area (Å²) < 4.78 is 5.43. The molecule has 1 aliphatic heterocycles. The minimum Gasteiger partial charge on any atom is -0.381 e. The predicted octanol–water partition coefficient (Wildman–Crippen LogP) is 4.70. The van der Waals surface area contributed by atoms with E-state index >= 15 is 0 Å². The fourth-order valence-corrected chi connectivity index (χ4v) is 2.95. The van der Waals surface area contributed by atoms with Gasteiger partial charge in [0.05, 0.1) is 12.0 Å². The Bertz CT molecular complexity index is 361. The van der Waals surface area contributed by atoms with Gasteiger partial charge < -0.3 is 4.74 Å². The topological polar surface area (TPSA) is 9.23 Å². The maximum atomic E-state index is 6.44. The molecule has 1 nitrogen and oxygen atoms in total. The fraction of sp³-hybridized carbons (Fsp3) is 0.500. The van der Waals surface area contributed by atoms with E-state index in [2.05, 4.69) is 0 Å². The van der Waals surface area contributed by atoms with Gasteiger partial charge in [-0.3, -0.25) is 0 Å². The molecule has 2 unspecified atom stereocenters. The molecule has 1 saturated heterocycles. The molecule has 16 heavy (non-hydrogen) atoms. The molecule has 1 heterocycles. The monoisotopic (exact) mass is 278 g/mol. The Morgan fingerprint density at radius 3 is 2.75 bits per heavy atom. The Kier molecular flexibility index (Phi) is 4.37. The number of rotatable bonds is 2. The van der Waals surface area contributed by atoms with Gasteiger partial charge in [0, 0.05) is 22.6 Å². The van der Waals surface area contributed by atoms with Gasteiger partial charge in [0.15, 0.2) is 0 Å². The van der Waals surface area contributed by atoms with Crippen LogP contribution >= 0.6 is 34.8 Å². The minimum absolute atomic E-state index is 0.0925. The van der Waals surface area contributed by atoms with E-state index in [-0.39, 0.29) is 5.38 Å². The third-order valence-corrected chi connectivity index (χ3v) is 4.02. The molecule has 0 N–H and O–H groups in total. The van der Waals surface area contributed by atoms with Crippen LogP contribution in [0.5, 0.6) is 0 Å². The van der Waals surface area contributed by atoms with Crippen LogP contribution in [0, 0.1) is 5.92 Å². The number of benzene rings is 1. The van der Waals surface area contributed by atoms with Crippen molar-refractivity contribution in [2.75, 3.05) is 13.2 Å². The molecule has 0 spiro atoms. The summed E-state index contributed by atoms with van der Waals surface area (Å²) in [5, 5.41) is 1.18. The molecule has 1 aliphatic rings. The Morgan fingerprint density at radius 2 is 2.12 bits per heavy atom. The summed E-state index contributed by atoms with van der Waals surface area (Å²) in [5.74, 6) is 0.342. The lowest BCUT2D eigenvalue weighted by Gasteiger charge is -2.27. The van der Waals surface area contributed by atoms with Crippen molar-refractivity contribution in [3.05, 3.63) is 33.8 Å². The Hall–Kier alpha value is 0.0500. The van der Waals surface area contributed by atoms with E-state index in [1.54, 1.807) is 6.07 Å². The van der Waals surface area contributed by atoms with Crippen molar-refractivity contribution in [1.29, 1.82) is 0 Å². The molecular weight excluding hydrogens is 266 g/mol. The highest BCUT2D eigenvalue weighted by Gasteiger charge is 2.25. The van der Waals surface area contributed by atoms with Crippen LogP contribution in [0.1, 0.15) is 23.8 Å². The molecule has 1 aromatic carbocycles. The van der Waals surface area contributed by atoms with E-state index in [4.69, 9.17) is 39.5 Å². The van der Waals surface area contributed by atoms with Gasteiger partial charge >= 0.3 is 0 Å². The zero-order chi connectivity index (χ0) is 11.5. The van der Waals surface area contributed by atoms with Crippen LogP contribution in [-0.4, -0.2) is 13.2 Å². The summed E-state index contributed by atoms with van der Waals surface area (Å²) in [5.41, 5.74) is 0.947. The second-order valence-electron chi connectivity index (χ2n) is 4.04. The van der Waals surface area contributed by atoms with E-state index < -0.39 is 0 Å². The van der Waals surface area contributed by atoms with Gasteiger partial charge in [-0.15, -0.1) is 11.6 Å². The molecule has 0 aromatic heterocycles. The smallest absolute Gasteiger partial charge is 0.0650 e. The molecule has 1 aromatic rings. The van der Waals surface area contributed by atoms with Gasteiger partial charge in [0.2, 0.25) is 0 Å². The molecule has 0 radical (unpaired) electrons. The van der Waals surface area contributed by atoms with Gasteiger partial charge in [-0.25, -0.2) is 0 Å². The minimum atomic E-state index is -0.0925. The first-order valence-electron chi connectivity index (χ1n) is 5.35. The van der Waals surface area contributed by atoms with Crippen LogP contribution in [0.4, 0.5) is 0 Å². The van der Waals surface area contributed by atoms with Crippen molar-refractivity contribution < 1.29 is 4.74 Å². The maximum absolute atomic E-state index is 6.44. The summed E-state index contributed by atoms with van der Waals surface area (Å²) in [6.45, 7) is 1.56. The summed E-state index contributed by atoms with van der Waals surface area (Å²) >= 11 is 18.4. The number of hydrogen-bond acceptors (Lipinski definition) is 1. The molecular formula is C12H13Cl3O. The molecule has 0 saturated carbocycles. The van der Waals surface area contributed by atoms with Crippen molar-refractivity contribution in [3.8, 4) is 0 Å². The largest absolute Gasteiger partial charge is 0.381 e. The van der Waals surface area contributed by atoms with Crippen LogP contribution in [0.15, 0.2) is 18.2 Å².